The average molecular weight is 208 g/mol. The molecule has 0 aliphatic heterocycles. The highest BCUT2D eigenvalue weighted by atomic mass is 35.5. The zero-order valence-electron chi connectivity index (χ0n) is 9.77. The van der Waals surface area contributed by atoms with E-state index in [-0.39, 0.29) is 12.4 Å². The average Bonchev–Trinajstić information content (AvgIpc) is 2.12. The molecular weight excluding hydrogens is 182 g/mol. The molecule has 0 radical (unpaired) electrons. The lowest BCUT2D eigenvalue weighted by Crippen LogP contribution is -3.00. The molecule has 13 heavy (non-hydrogen) atoms. The van der Waals surface area contributed by atoms with Crippen molar-refractivity contribution in [1.82, 2.24) is 0 Å². The van der Waals surface area contributed by atoms with Gasteiger partial charge in [0, 0.05) is 0 Å². The molecule has 0 rings (SSSR count). The lowest BCUT2D eigenvalue weighted by Gasteiger charge is -2.32. The Labute approximate surface area is 90.5 Å². The highest BCUT2D eigenvalue weighted by Gasteiger charge is 2.14. The third-order valence-electron chi connectivity index (χ3n) is 3.08. The normalized spacial score (nSPS) is 11.1. The fourth-order valence-electron chi connectivity index (χ4n) is 1.46. The second-order valence-electron chi connectivity index (χ2n) is 4.04. The maximum absolute atomic E-state index is 2.37. The van der Waals surface area contributed by atoms with Gasteiger partial charge in [-0.05, 0) is 26.7 Å². The van der Waals surface area contributed by atoms with Gasteiger partial charge in [0.15, 0.2) is 0 Å². The summed E-state index contributed by atoms with van der Waals surface area (Å²) in [5.41, 5.74) is 0. The fourth-order valence-corrected chi connectivity index (χ4v) is 1.46. The van der Waals surface area contributed by atoms with Crippen molar-refractivity contribution in [2.45, 2.75) is 46.5 Å². The minimum atomic E-state index is 0. The summed E-state index contributed by atoms with van der Waals surface area (Å²) in [6.45, 7) is 10.8. The molecule has 1 nitrogen and oxygen atoms in total. The molecule has 0 N–H and O–H groups in total. The van der Waals surface area contributed by atoms with Crippen molar-refractivity contribution in [3.63, 3.8) is 0 Å². The topological polar surface area (TPSA) is 0 Å². The third kappa shape index (κ3) is 7.33. The van der Waals surface area contributed by atoms with E-state index in [2.05, 4.69) is 27.8 Å². The summed E-state index contributed by atoms with van der Waals surface area (Å²) < 4.78 is 1.25. The lowest BCUT2D eigenvalue weighted by molar-refractivity contribution is -0.906. The van der Waals surface area contributed by atoms with Crippen LogP contribution in [-0.2, 0) is 0 Å². The van der Waals surface area contributed by atoms with E-state index < -0.39 is 0 Å². The van der Waals surface area contributed by atoms with Gasteiger partial charge in [-0.2, -0.15) is 0 Å². The minimum absolute atomic E-state index is 0. The quantitative estimate of drug-likeness (QED) is 0.409. The number of halogens is 1. The molecule has 0 heterocycles. The second kappa shape index (κ2) is 8.83. The molecule has 0 aromatic rings. The Bertz CT molecular complexity index is 100. The van der Waals surface area contributed by atoms with Crippen LogP contribution in [0.2, 0.25) is 0 Å². The van der Waals surface area contributed by atoms with Gasteiger partial charge >= 0.3 is 0 Å². The first-order valence-electron chi connectivity index (χ1n) is 5.52. The Hall–Kier alpha value is 0.250. The van der Waals surface area contributed by atoms with Crippen molar-refractivity contribution in [2.75, 3.05) is 26.7 Å². The van der Waals surface area contributed by atoms with E-state index in [1.807, 2.05) is 0 Å². The summed E-state index contributed by atoms with van der Waals surface area (Å²) >= 11 is 0. The van der Waals surface area contributed by atoms with E-state index in [1.54, 1.807) is 0 Å². The Morgan fingerprint density at radius 1 is 0.846 bits per heavy atom. The van der Waals surface area contributed by atoms with Gasteiger partial charge in [0.05, 0.1) is 26.7 Å². The van der Waals surface area contributed by atoms with Crippen LogP contribution in [0.15, 0.2) is 0 Å². The van der Waals surface area contributed by atoms with Crippen LogP contribution in [0.1, 0.15) is 46.5 Å². The summed E-state index contributed by atoms with van der Waals surface area (Å²) in [5.74, 6) is 0. The largest absolute Gasteiger partial charge is 1.00 e. The second-order valence-corrected chi connectivity index (χ2v) is 4.04. The van der Waals surface area contributed by atoms with Gasteiger partial charge < -0.3 is 16.9 Å². The standard InChI is InChI=1S/C11H26N.ClH/c1-5-8-9-10-11-12(4,6-2)7-3;/h5-11H2,1-4H3;1H/q+1;/p-1. The molecule has 82 valence electrons. The molecule has 0 saturated carbocycles. The summed E-state index contributed by atoms with van der Waals surface area (Å²) in [6.07, 6.45) is 5.59. The molecule has 0 aliphatic rings. The van der Waals surface area contributed by atoms with E-state index in [0.29, 0.717) is 0 Å². The summed E-state index contributed by atoms with van der Waals surface area (Å²) in [7, 11) is 2.37. The lowest BCUT2D eigenvalue weighted by atomic mass is 10.2. The monoisotopic (exact) mass is 207 g/mol. The van der Waals surface area contributed by atoms with Crippen molar-refractivity contribution < 1.29 is 16.9 Å². The maximum atomic E-state index is 2.37. The van der Waals surface area contributed by atoms with Crippen LogP contribution in [0, 0.1) is 0 Å². The summed E-state index contributed by atoms with van der Waals surface area (Å²) in [4.78, 5) is 0. The van der Waals surface area contributed by atoms with Gasteiger partial charge in [0.1, 0.15) is 0 Å². The van der Waals surface area contributed by atoms with E-state index >= 15 is 0 Å². The zero-order valence-corrected chi connectivity index (χ0v) is 10.5. The number of unbranched alkanes of at least 4 members (excludes halogenated alkanes) is 3. The van der Waals surface area contributed by atoms with Crippen LogP contribution in [-0.4, -0.2) is 31.2 Å². The molecule has 0 aromatic carbocycles. The van der Waals surface area contributed by atoms with Gasteiger partial charge in [0.2, 0.25) is 0 Å². The van der Waals surface area contributed by atoms with Crippen LogP contribution >= 0.6 is 0 Å². The first-order chi connectivity index (χ1) is 5.68. The zero-order chi connectivity index (χ0) is 9.45. The Balaban J connectivity index is 0. The Morgan fingerprint density at radius 3 is 1.77 bits per heavy atom. The molecule has 0 spiro atoms. The van der Waals surface area contributed by atoms with Crippen molar-refractivity contribution in [3.8, 4) is 0 Å². The fraction of sp³-hybridized carbons (Fsp3) is 1.00. The molecule has 0 amide bonds. The van der Waals surface area contributed by atoms with E-state index in [9.17, 15) is 0 Å². The highest BCUT2D eigenvalue weighted by molar-refractivity contribution is 4.41. The minimum Gasteiger partial charge on any atom is -1.00 e. The SMILES string of the molecule is CCCCCC[N+](C)(CC)CC.[Cl-]. The Morgan fingerprint density at radius 2 is 1.38 bits per heavy atom. The molecular formula is C11H26ClN. The molecule has 0 unspecified atom stereocenters. The van der Waals surface area contributed by atoms with Gasteiger partial charge in [-0.1, -0.05) is 19.8 Å². The van der Waals surface area contributed by atoms with Crippen LogP contribution in [0.3, 0.4) is 0 Å². The molecule has 0 bridgehead atoms. The first-order valence-corrected chi connectivity index (χ1v) is 5.52. The van der Waals surface area contributed by atoms with Crippen LogP contribution in [0.25, 0.3) is 0 Å². The van der Waals surface area contributed by atoms with Crippen LogP contribution < -0.4 is 12.4 Å². The number of hydrogen-bond acceptors (Lipinski definition) is 0. The van der Waals surface area contributed by atoms with E-state index in [0.717, 1.165) is 0 Å². The predicted molar refractivity (Wildman–Crippen MR) is 56.3 cm³/mol. The van der Waals surface area contributed by atoms with Gasteiger partial charge in [-0.25, -0.2) is 0 Å². The van der Waals surface area contributed by atoms with Crippen molar-refractivity contribution in [3.05, 3.63) is 0 Å². The van der Waals surface area contributed by atoms with Crippen LogP contribution in [0.5, 0.6) is 0 Å². The van der Waals surface area contributed by atoms with Crippen molar-refractivity contribution >= 4 is 0 Å². The van der Waals surface area contributed by atoms with Gasteiger partial charge in [0.25, 0.3) is 0 Å². The third-order valence-corrected chi connectivity index (χ3v) is 3.08. The number of quaternary nitrogens is 1. The molecule has 0 atom stereocenters. The highest BCUT2D eigenvalue weighted by Crippen LogP contribution is 2.06. The molecule has 2 heteroatoms. The van der Waals surface area contributed by atoms with Crippen molar-refractivity contribution in [1.29, 1.82) is 0 Å². The van der Waals surface area contributed by atoms with Gasteiger partial charge in [-0.3, -0.25) is 0 Å². The maximum Gasteiger partial charge on any atom is 0.0784 e. The number of nitrogens with zero attached hydrogens (tertiary/aromatic N) is 1. The molecule has 0 aliphatic carbocycles. The number of rotatable bonds is 7. The first kappa shape index (κ1) is 15.7. The number of hydrogen-bond donors (Lipinski definition) is 0. The molecule has 0 aromatic heterocycles. The van der Waals surface area contributed by atoms with E-state index in [1.165, 1.54) is 49.8 Å². The van der Waals surface area contributed by atoms with Gasteiger partial charge in [-0.15, -0.1) is 0 Å². The smallest absolute Gasteiger partial charge is 0.0784 e. The summed E-state index contributed by atoms with van der Waals surface area (Å²) in [5, 5.41) is 0. The van der Waals surface area contributed by atoms with Crippen molar-refractivity contribution in [2.24, 2.45) is 0 Å². The predicted octanol–water partition coefficient (Wildman–Crippen LogP) is 0.0571. The molecule has 0 fully saturated rings. The van der Waals surface area contributed by atoms with E-state index in [4.69, 9.17) is 0 Å². The Kier molecular flexibility index (Phi) is 10.7. The van der Waals surface area contributed by atoms with Crippen LogP contribution in [0.4, 0.5) is 0 Å². The summed E-state index contributed by atoms with van der Waals surface area (Å²) in [6, 6.07) is 0. The molecule has 0 saturated heterocycles.